The monoisotopic (exact) mass is 2490 g/mol. The molecule has 36 heteroatoms. The second-order valence-electron chi connectivity index (χ2n) is 28.0. The molecule has 0 radical (unpaired) electrons. The summed E-state index contributed by atoms with van der Waals surface area (Å²) in [4.78, 5) is 4.68. The molecule has 8 fully saturated rings. The molecule has 8 aliphatic heterocycles. The normalized spacial score (nSPS) is 36.8. The zero-order valence-electron chi connectivity index (χ0n) is 60.5. The molecular weight excluding hydrogens is 2370 g/mol. The fourth-order valence-corrected chi connectivity index (χ4v) is 32.6. The second-order valence-corrected chi connectivity index (χ2v) is 88.9. The van der Waals surface area contributed by atoms with Crippen LogP contribution in [0.15, 0.2) is 0 Å². The average molecular weight is 2490 g/mol. The Labute approximate surface area is 636 Å². The van der Waals surface area contributed by atoms with Crippen molar-refractivity contribution in [1.29, 1.82) is 0 Å². The Hall–Kier alpha value is 5.75. The molecule has 0 aromatic rings. The van der Waals surface area contributed by atoms with Gasteiger partial charge in [0.15, 0.2) is 0 Å². The Balaban J connectivity index is 0.000000250. The number of ether oxygens (including phenoxy) is 10. The molecule has 0 aromatic carbocycles. The van der Waals surface area contributed by atoms with Crippen LogP contribution in [-0.2, 0) is 187 Å². The van der Waals surface area contributed by atoms with Crippen molar-refractivity contribution in [3.05, 3.63) is 0 Å². The van der Waals surface area contributed by atoms with Gasteiger partial charge in [-0.15, -0.1) is 0 Å². The van der Waals surface area contributed by atoms with Crippen LogP contribution in [0.2, 0.25) is 0 Å². The van der Waals surface area contributed by atoms with E-state index in [9.17, 15) is 0 Å². The van der Waals surface area contributed by atoms with Gasteiger partial charge in [-0.3, -0.25) is 0 Å². The van der Waals surface area contributed by atoms with E-state index in [2.05, 4.69) is 155 Å². The van der Waals surface area contributed by atoms with Crippen LogP contribution < -0.4 is 5.32 Å². The van der Waals surface area contributed by atoms with Gasteiger partial charge in [-0.25, -0.2) is 0 Å². The summed E-state index contributed by atoms with van der Waals surface area (Å²) < 4.78 is 112. The Morgan fingerprint density at radius 1 is 0.295 bits per heavy atom. The van der Waals surface area contributed by atoms with E-state index in [4.69, 9.17) is 74.5 Å². The molecule has 0 amide bonds. The first kappa shape index (κ1) is 89.6. The molecule has 0 saturated carbocycles. The van der Waals surface area contributed by atoms with E-state index in [-0.39, 0.29) is 97.7 Å². The SMILES string of the molecule is CC1CN(C)CC(CO[P](C)(=[W])N2CC(C)OC(CO[P](C)(C)=[W])C2)O1.COCC1CN([P](C)(=[W])OCC2CN([P](C)(=[W])OCC3CN([P](C)(=[W])OCC4CN(C)CC(C)O4)CC(C)O3)CC(C)O2)CC(C)O1.COCC1CN([P](C)(=[W])OCC2CNCC(C)O2)CC(C)O1. The molecule has 21 atom stereocenters. The summed E-state index contributed by atoms with van der Waals surface area (Å²) in [5, 5.41) is -6.05. The van der Waals surface area contributed by atoms with Gasteiger partial charge in [0.1, 0.15) is 0 Å². The molecule has 560 valence electrons. The molecule has 1 N–H and O–H groups in total. The molecule has 0 aliphatic carbocycles. The maximum atomic E-state index is 6.84. The summed E-state index contributed by atoms with van der Waals surface area (Å²) in [5.74, 6) is 0. The predicted octanol–water partition coefficient (Wildman–Crippen LogP) is 6.96. The number of rotatable bonds is 27. The number of nitrogens with one attached hydrogen (secondary N) is 1. The van der Waals surface area contributed by atoms with Crippen LogP contribution in [0.4, 0.5) is 0 Å². The molecule has 0 spiro atoms. The number of hydrogen-bond donors (Lipinski definition) is 1. The molecule has 21 unspecified atom stereocenters. The van der Waals surface area contributed by atoms with Crippen molar-refractivity contribution >= 4 is 31.5 Å². The molecule has 95 heavy (non-hydrogen) atoms. The summed E-state index contributed by atoms with van der Waals surface area (Å²) in [6, 6.07) is 0. The van der Waals surface area contributed by atoms with Gasteiger partial charge in [0, 0.05) is 0 Å². The van der Waals surface area contributed by atoms with Gasteiger partial charge in [-0.1, -0.05) is 0 Å². The van der Waals surface area contributed by atoms with Crippen molar-refractivity contribution in [1.82, 2.24) is 38.5 Å². The summed E-state index contributed by atoms with van der Waals surface area (Å²) in [6.45, 7) is 52.9. The number of nitrogens with zero attached hydrogens (tertiary/aromatic N) is 7. The minimum atomic E-state index is -1.78. The van der Waals surface area contributed by atoms with Crippen LogP contribution >= 0.6 is 31.5 Å². The number of morpholine rings is 8. The Kier molecular flexibility index (Phi) is 39.9. The third-order valence-electron chi connectivity index (χ3n) is 17.1. The maximum absolute atomic E-state index is 6.84. The van der Waals surface area contributed by atoms with Crippen LogP contribution in [0.25, 0.3) is 0 Å². The fraction of sp³-hybridized carbons (Fsp3) is 1.00. The van der Waals surface area contributed by atoms with E-state index in [1.54, 1.807) is 33.0 Å². The third-order valence-corrected chi connectivity index (χ3v) is 47.1. The van der Waals surface area contributed by atoms with Crippen molar-refractivity contribution in [2.45, 2.75) is 153 Å². The van der Waals surface area contributed by atoms with Gasteiger partial charge < -0.3 is 0 Å². The first-order valence-corrected chi connectivity index (χ1v) is 69.9. The van der Waals surface area contributed by atoms with Gasteiger partial charge in [0.2, 0.25) is 0 Å². The van der Waals surface area contributed by atoms with Gasteiger partial charge in [0.05, 0.1) is 0 Å². The van der Waals surface area contributed by atoms with E-state index in [1.807, 2.05) is 0 Å². The zero-order valence-corrected chi connectivity index (χ0v) is 83.5. The summed E-state index contributed by atoms with van der Waals surface area (Å²) >= 11 is 9.11. The van der Waals surface area contributed by atoms with Crippen LogP contribution in [0.1, 0.15) is 55.4 Å². The summed E-state index contributed by atoms with van der Waals surface area (Å²) in [5.41, 5.74) is 0. The quantitative estimate of drug-likeness (QED) is 0.0833. The van der Waals surface area contributed by atoms with E-state index in [0.29, 0.717) is 52.9 Å². The van der Waals surface area contributed by atoms with Crippen LogP contribution in [0.5, 0.6) is 0 Å². The number of hydrogen-bond acceptors (Lipinski definition) is 24. The predicted molar refractivity (Wildman–Crippen MR) is 363 cm³/mol. The van der Waals surface area contributed by atoms with Gasteiger partial charge >= 0.3 is 643 Å². The molecule has 8 saturated heterocycles. The minimum absolute atomic E-state index is 0.0241. The van der Waals surface area contributed by atoms with Crippen molar-refractivity contribution in [2.24, 2.45) is 0 Å². The number of methoxy groups -OCH3 is 2. The molecule has 8 heterocycles. The molecular formula is C59H122N8O16P6W6. The molecule has 24 nitrogen and oxygen atoms in total. The van der Waals surface area contributed by atoms with Crippen LogP contribution in [-0.4, -0.2) is 363 Å². The van der Waals surface area contributed by atoms with E-state index < -0.39 is 31.5 Å². The standard InChI is InChI=1S/C29H59N4O8P3.C16H34N2O4P2.C14H29N2O4P.6W/c1-22-10-30(5)14-26(38-22)19-35-43(8)32-12-24(3)40-28(16-32)21-37-44(9)33-13-25(4)41-29(17-33)20-36-42(7)31-11-23(2)39-27(15-31)18-34-6;1-13-7-17(3)9-15(21-13)12-20-24(6)18-8-14(2)22-16(10-18)11-19-23(4)5;1-11-5-15-6-13(19-11)10-18-21(4)16-7-12(2)20-14(8-16)9-17-3;;;;;;/h22-29H,10-21H2,1-9H3;13-16H,7-12H2,1-6H3;11-15H,5-10H2,1-4H3;;;;;;. The van der Waals surface area contributed by atoms with Crippen LogP contribution in [0, 0.1) is 0 Å². The van der Waals surface area contributed by atoms with Crippen molar-refractivity contribution in [3.63, 3.8) is 0 Å². The van der Waals surface area contributed by atoms with Crippen molar-refractivity contribution < 1.29 is 187 Å². The zero-order chi connectivity index (χ0) is 70.3. The first-order chi connectivity index (χ1) is 44.3. The second kappa shape index (κ2) is 42.2. The Bertz CT molecular complexity index is 2620. The van der Waals surface area contributed by atoms with Gasteiger partial charge in [0.25, 0.3) is 0 Å². The molecule has 8 aliphatic rings. The van der Waals surface area contributed by atoms with E-state index in [0.717, 1.165) is 105 Å². The van der Waals surface area contributed by atoms with Gasteiger partial charge in [-0.05, 0) is 0 Å². The Morgan fingerprint density at radius 3 is 0.758 bits per heavy atom. The van der Waals surface area contributed by atoms with Crippen LogP contribution in [0.3, 0.4) is 0 Å². The first-order valence-electron chi connectivity index (χ1n) is 33.7. The topological polar surface area (TPSA) is 182 Å². The van der Waals surface area contributed by atoms with Crippen molar-refractivity contribution in [2.75, 3.05) is 233 Å². The average Bonchev–Trinajstić information content (AvgIpc) is 0.899. The molecule has 8 rings (SSSR count). The van der Waals surface area contributed by atoms with Gasteiger partial charge in [-0.2, -0.15) is 0 Å². The fourth-order valence-electron chi connectivity index (χ4n) is 12.9. The number of likely N-dealkylation sites (N-methyl/N-ethyl adjacent to an activating group) is 2. The summed E-state index contributed by atoms with van der Waals surface area (Å²) in [7, 11) is 7.79. The molecule has 0 aromatic heterocycles. The summed E-state index contributed by atoms with van der Waals surface area (Å²) in [6.07, 6.45) is 2.59. The van der Waals surface area contributed by atoms with Crippen molar-refractivity contribution in [3.8, 4) is 0 Å². The van der Waals surface area contributed by atoms with E-state index in [1.165, 1.54) is 94.0 Å². The van der Waals surface area contributed by atoms with E-state index >= 15 is 0 Å². The third kappa shape index (κ3) is 32.3. The molecule has 0 bridgehead atoms. The Morgan fingerprint density at radius 2 is 0.516 bits per heavy atom.